The molecule has 0 aromatic heterocycles. The zero-order valence-electron chi connectivity index (χ0n) is 20.5. The van der Waals surface area contributed by atoms with E-state index in [0.717, 1.165) is 22.5 Å². The second-order valence-electron chi connectivity index (χ2n) is 8.22. The smallest absolute Gasteiger partial charge is 0.177 e. The van der Waals surface area contributed by atoms with Gasteiger partial charge in [0.25, 0.3) is 0 Å². The number of carbonyl (C=O) groups excluding carboxylic acids is 3. The number of nitrogens with zero attached hydrogens (tertiary/aromatic N) is 1. The predicted octanol–water partition coefficient (Wildman–Crippen LogP) is 6.86. The quantitative estimate of drug-likeness (QED) is 0.291. The van der Waals surface area contributed by atoms with Crippen LogP contribution < -0.4 is 4.90 Å². The lowest BCUT2D eigenvalue weighted by Gasteiger charge is -2.32. The first-order chi connectivity index (χ1) is 16.4. The summed E-state index contributed by atoms with van der Waals surface area (Å²) in [4.78, 5) is 39.2. The molecule has 4 heteroatoms. The van der Waals surface area contributed by atoms with Crippen molar-refractivity contribution in [2.24, 2.45) is 0 Å². The van der Waals surface area contributed by atoms with Crippen LogP contribution in [0.1, 0.15) is 63.0 Å². The van der Waals surface area contributed by atoms with Crippen molar-refractivity contribution in [3.8, 4) is 0 Å². The van der Waals surface area contributed by atoms with Gasteiger partial charge in [-0.2, -0.15) is 0 Å². The molecule has 34 heavy (non-hydrogen) atoms. The molecule has 178 valence electrons. The van der Waals surface area contributed by atoms with Crippen LogP contribution >= 0.6 is 0 Å². The molecule has 0 heterocycles. The lowest BCUT2D eigenvalue weighted by Crippen LogP contribution is -2.36. The van der Waals surface area contributed by atoms with Crippen molar-refractivity contribution in [3.63, 3.8) is 0 Å². The van der Waals surface area contributed by atoms with Gasteiger partial charge in [0.2, 0.25) is 0 Å². The number of benzene rings is 2. The fraction of sp³-hybridized carbons (Fsp3) is 0.300. The third-order valence-corrected chi connectivity index (χ3v) is 6.28. The Labute approximate surface area is 203 Å². The molecule has 2 aromatic rings. The summed E-state index contributed by atoms with van der Waals surface area (Å²) in [5.74, 6) is -0.544. The fourth-order valence-electron chi connectivity index (χ4n) is 4.38. The normalized spacial score (nSPS) is 13.3. The number of hydrogen-bond donors (Lipinski definition) is 0. The highest BCUT2D eigenvalue weighted by Crippen LogP contribution is 2.33. The maximum absolute atomic E-state index is 12.8. The van der Waals surface area contributed by atoms with Crippen LogP contribution in [0.25, 0.3) is 0 Å². The maximum Gasteiger partial charge on any atom is 0.177 e. The van der Waals surface area contributed by atoms with Crippen LogP contribution in [0.5, 0.6) is 0 Å². The van der Waals surface area contributed by atoms with E-state index in [2.05, 4.69) is 19.7 Å². The van der Waals surface area contributed by atoms with E-state index < -0.39 is 6.04 Å². The highest BCUT2D eigenvalue weighted by atomic mass is 16.1. The summed E-state index contributed by atoms with van der Waals surface area (Å²) in [5.41, 5.74) is 3.52. The van der Waals surface area contributed by atoms with Crippen molar-refractivity contribution in [2.45, 2.75) is 57.9 Å². The molecule has 0 aliphatic rings. The molecule has 4 nitrogen and oxygen atoms in total. The molecule has 0 fully saturated rings. The average Bonchev–Trinajstić information content (AvgIpc) is 2.88. The molecule has 0 N–H and O–H groups in total. The molecule has 0 spiro atoms. The number of rotatable bonds is 14. The number of carbonyl (C=O) groups is 3. The summed E-state index contributed by atoms with van der Waals surface area (Å²) in [6.45, 7) is 16.8. The van der Waals surface area contributed by atoms with E-state index in [1.807, 2.05) is 74.2 Å². The standard InChI is InChI=1S/C30H35NO3/c1-7-25(28(32)10-4)21-13-17-23(18-14-21)31(27(9-3)30(34)12-6)24-19-15-22(16-20-24)26(8-2)29(33)11-5/h10-20,25-27H,4-9H2,1-3H3. The van der Waals surface area contributed by atoms with Gasteiger partial charge in [-0.25, -0.2) is 0 Å². The minimum absolute atomic E-state index is 0.00415. The first-order valence-electron chi connectivity index (χ1n) is 11.8. The van der Waals surface area contributed by atoms with Crippen LogP contribution in [0.15, 0.2) is 86.5 Å². The Morgan fingerprint density at radius 3 is 1.26 bits per heavy atom. The first kappa shape index (κ1) is 26.7. The van der Waals surface area contributed by atoms with E-state index in [1.54, 1.807) is 0 Å². The van der Waals surface area contributed by atoms with Gasteiger partial charge in [0, 0.05) is 23.2 Å². The van der Waals surface area contributed by atoms with Crippen LogP contribution in [-0.2, 0) is 14.4 Å². The molecule has 2 aromatic carbocycles. The second-order valence-corrected chi connectivity index (χ2v) is 8.22. The van der Waals surface area contributed by atoms with E-state index in [9.17, 15) is 14.4 Å². The Morgan fingerprint density at radius 1 is 0.647 bits per heavy atom. The Morgan fingerprint density at radius 2 is 1.00 bits per heavy atom. The summed E-state index contributed by atoms with van der Waals surface area (Å²) in [6.07, 6.45) is 6.05. The molecule has 3 atom stereocenters. The highest BCUT2D eigenvalue weighted by Gasteiger charge is 2.26. The third kappa shape index (κ3) is 5.88. The van der Waals surface area contributed by atoms with E-state index in [0.29, 0.717) is 19.3 Å². The van der Waals surface area contributed by atoms with Crippen molar-refractivity contribution < 1.29 is 14.4 Å². The van der Waals surface area contributed by atoms with E-state index in [1.165, 1.54) is 18.2 Å². The topological polar surface area (TPSA) is 54.5 Å². The Bertz CT molecular complexity index is 962. The van der Waals surface area contributed by atoms with Gasteiger partial charge in [0.05, 0.1) is 6.04 Å². The van der Waals surface area contributed by atoms with Gasteiger partial charge in [-0.05, 0) is 72.9 Å². The van der Waals surface area contributed by atoms with Crippen LogP contribution in [0, 0.1) is 0 Å². The van der Waals surface area contributed by atoms with Gasteiger partial charge in [0.15, 0.2) is 17.3 Å². The first-order valence-corrected chi connectivity index (χ1v) is 11.8. The van der Waals surface area contributed by atoms with Crippen LogP contribution in [0.3, 0.4) is 0 Å². The molecule has 0 aliphatic carbocycles. The zero-order valence-corrected chi connectivity index (χ0v) is 20.5. The average molecular weight is 458 g/mol. The number of anilines is 2. The second kappa shape index (κ2) is 12.6. The van der Waals surface area contributed by atoms with Crippen molar-refractivity contribution in [1.29, 1.82) is 0 Å². The summed E-state index contributed by atoms with van der Waals surface area (Å²) >= 11 is 0. The SMILES string of the molecule is C=CC(=O)C(CC)c1ccc(N(c2ccc(C(CC)C(=O)C=C)cc2)C(CC)C(=O)C=C)cc1. The van der Waals surface area contributed by atoms with Gasteiger partial charge in [-0.1, -0.05) is 64.8 Å². The molecule has 0 saturated heterocycles. The summed E-state index contributed by atoms with van der Waals surface area (Å²) in [6, 6.07) is 15.1. The van der Waals surface area contributed by atoms with Gasteiger partial charge >= 0.3 is 0 Å². The van der Waals surface area contributed by atoms with Crippen molar-refractivity contribution >= 4 is 28.7 Å². The van der Waals surface area contributed by atoms with Gasteiger partial charge in [-0.3, -0.25) is 14.4 Å². The highest BCUT2D eigenvalue weighted by molar-refractivity contribution is 5.98. The molecule has 0 aliphatic heterocycles. The fourth-order valence-corrected chi connectivity index (χ4v) is 4.38. The van der Waals surface area contributed by atoms with Gasteiger partial charge < -0.3 is 4.90 Å². The van der Waals surface area contributed by atoms with Crippen molar-refractivity contribution in [1.82, 2.24) is 0 Å². The van der Waals surface area contributed by atoms with Crippen LogP contribution in [-0.4, -0.2) is 23.4 Å². The Hall–Kier alpha value is -3.53. The van der Waals surface area contributed by atoms with Crippen LogP contribution in [0.2, 0.25) is 0 Å². The number of hydrogen-bond acceptors (Lipinski definition) is 4. The molecule has 2 rings (SSSR count). The number of allylic oxidation sites excluding steroid dienone is 2. The Kier molecular flexibility index (Phi) is 9.93. The minimum Gasteiger partial charge on any atom is -0.331 e. The van der Waals surface area contributed by atoms with Gasteiger partial charge in [-0.15, -0.1) is 0 Å². The Balaban J connectivity index is 2.53. The summed E-state index contributed by atoms with van der Waals surface area (Å²) in [5, 5.41) is 0. The monoisotopic (exact) mass is 457 g/mol. The molecule has 0 amide bonds. The lowest BCUT2D eigenvalue weighted by molar-refractivity contribution is -0.116. The zero-order chi connectivity index (χ0) is 25.3. The number of ketones is 3. The third-order valence-electron chi connectivity index (χ3n) is 6.28. The molecular weight excluding hydrogens is 422 g/mol. The summed E-state index contributed by atoms with van der Waals surface area (Å²) < 4.78 is 0. The summed E-state index contributed by atoms with van der Waals surface area (Å²) in [7, 11) is 0. The van der Waals surface area contributed by atoms with E-state index >= 15 is 0 Å². The van der Waals surface area contributed by atoms with E-state index in [4.69, 9.17) is 0 Å². The van der Waals surface area contributed by atoms with Crippen LogP contribution in [0.4, 0.5) is 11.4 Å². The molecule has 3 unspecified atom stereocenters. The maximum atomic E-state index is 12.8. The van der Waals surface area contributed by atoms with Crippen molar-refractivity contribution in [3.05, 3.63) is 97.6 Å². The van der Waals surface area contributed by atoms with E-state index in [-0.39, 0.29) is 29.2 Å². The largest absolute Gasteiger partial charge is 0.331 e. The van der Waals surface area contributed by atoms with Gasteiger partial charge in [0.1, 0.15) is 0 Å². The molecule has 0 radical (unpaired) electrons. The molecule has 0 saturated carbocycles. The molecule has 0 bridgehead atoms. The molecular formula is C30H35NO3. The predicted molar refractivity (Wildman–Crippen MR) is 141 cm³/mol. The van der Waals surface area contributed by atoms with Crippen molar-refractivity contribution in [2.75, 3.05) is 4.90 Å². The minimum atomic E-state index is -0.428. The lowest BCUT2D eigenvalue weighted by atomic mass is 9.91.